The van der Waals surface area contributed by atoms with Gasteiger partial charge in [0.1, 0.15) is 0 Å². The Kier molecular flexibility index (Phi) is 4.33. The van der Waals surface area contributed by atoms with Gasteiger partial charge in [-0.2, -0.15) is 0 Å². The van der Waals surface area contributed by atoms with Gasteiger partial charge in [0.25, 0.3) is 0 Å². The number of amides is 2. The van der Waals surface area contributed by atoms with E-state index in [1.807, 2.05) is 12.1 Å². The van der Waals surface area contributed by atoms with Crippen molar-refractivity contribution in [2.45, 2.75) is 31.8 Å². The van der Waals surface area contributed by atoms with E-state index in [0.29, 0.717) is 19.4 Å². The van der Waals surface area contributed by atoms with Crippen molar-refractivity contribution in [2.24, 2.45) is 5.92 Å². The van der Waals surface area contributed by atoms with Crippen molar-refractivity contribution in [3.8, 4) is 0 Å². The lowest BCUT2D eigenvalue weighted by Gasteiger charge is -2.13. The molecular formula is C13H17N3O3. The Morgan fingerprint density at radius 2 is 2.26 bits per heavy atom. The van der Waals surface area contributed by atoms with Crippen LogP contribution in [0.1, 0.15) is 24.8 Å². The highest BCUT2D eigenvalue weighted by atomic mass is 16.4. The van der Waals surface area contributed by atoms with Crippen LogP contribution in [0, 0.1) is 5.92 Å². The number of carboxylic acids is 1. The molecule has 2 unspecified atom stereocenters. The average molecular weight is 263 g/mol. The monoisotopic (exact) mass is 263 g/mol. The van der Waals surface area contributed by atoms with Crippen LogP contribution in [0.5, 0.6) is 0 Å². The highest BCUT2D eigenvalue weighted by molar-refractivity contribution is 5.75. The van der Waals surface area contributed by atoms with E-state index in [1.54, 1.807) is 12.4 Å². The standard InChI is InChI=1S/C13H17N3O3/c17-12(18)10-3-4-11(6-10)16-13(19)15-8-9-2-1-5-14-7-9/h1-2,5,7,10-11H,3-4,6,8H2,(H,17,18)(H2,15,16,19). The molecule has 1 aliphatic rings. The summed E-state index contributed by atoms with van der Waals surface area (Å²) in [5.41, 5.74) is 0.924. The second-order valence-electron chi connectivity index (χ2n) is 4.73. The number of nitrogens with zero attached hydrogens (tertiary/aromatic N) is 1. The topological polar surface area (TPSA) is 91.3 Å². The van der Waals surface area contributed by atoms with Crippen molar-refractivity contribution in [1.82, 2.24) is 15.6 Å². The normalized spacial score (nSPS) is 21.9. The Bertz CT molecular complexity index is 450. The van der Waals surface area contributed by atoms with E-state index < -0.39 is 5.97 Å². The van der Waals surface area contributed by atoms with E-state index in [9.17, 15) is 9.59 Å². The second kappa shape index (κ2) is 6.17. The summed E-state index contributed by atoms with van der Waals surface area (Å²) in [6.45, 7) is 0.411. The third-order valence-corrected chi connectivity index (χ3v) is 3.29. The van der Waals surface area contributed by atoms with Gasteiger partial charge in [-0.1, -0.05) is 6.07 Å². The first kappa shape index (κ1) is 13.3. The molecule has 2 rings (SSSR count). The molecule has 1 aromatic heterocycles. The highest BCUT2D eigenvalue weighted by Gasteiger charge is 2.30. The molecule has 102 valence electrons. The number of urea groups is 1. The molecule has 1 aromatic rings. The van der Waals surface area contributed by atoms with E-state index in [1.165, 1.54) is 0 Å². The molecule has 3 N–H and O–H groups in total. The molecule has 0 radical (unpaired) electrons. The summed E-state index contributed by atoms with van der Waals surface area (Å²) < 4.78 is 0. The summed E-state index contributed by atoms with van der Waals surface area (Å²) in [6.07, 6.45) is 5.22. The number of carbonyl (C=O) groups is 2. The fourth-order valence-electron chi connectivity index (χ4n) is 2.26. The largest absolute Gasteiger partial charge is 0.481 e. The minimum atomic E-state index is -0.778. The maximum Gasteiger partial charge on any atom is 0.315 e. The van der Waals surface area contributed by atoms with Crippen molar-refractivity contribution in [2.75, 3.05) is 0 Å². The van der Waals surface area contributed by atoms with E-state index in [4.69, 9.17) is 5.11 Å². The summed E-state index contributed by atoms with van der Waals surface area (Å²) in [6, 6.07) is 3.38. The van der Waals surface area contributed by atoms with Crippen LogP contribution in [0.4, 0.5) is 4.79 Å². The Balaban J connectivity index is 1.72. The lowest BCUT2D eigenvalue weighted by atomic mass is 10.1. The van der Waals surface area contributed by atoms with E-state index >= 15 is 0 Å². The van der Waals surface area contributed by atoms with Gasteiger partial charge < -0.3 is 15.7 Å². The zero-order valence-electron chi connectivity index (χ0n) is 10.5. The summed E-state index contributed by atoms with van der Waals surface area (Å²) in [5.74, 6) is -1.11. The zero-order chi connectivity index (χ0) is 13.7. The highest BCUT2D eigenvalue weighted by Crippen LogP contribution is 2.25. The van der Waals surface area contributed by atoms with Gasteiger partial charge in [0.2, 0.25) is 0 Å². The molecule has 1 heterocycles. The average Bonchev–Trinajstić information content (AvgIpc) is 2.86. The molecule has 0 aliphatic heterocycles. The predicted molar refractivity (Wildman–Crippen MR) is 68.4 cm³/mol. The first-order valence-corrected chi connectivity index (χ1v) is 6.31. The first-order valence-electron chi connectivity index (χ1n) is 6.31. The molecule has 6 heteroatoms. The molecule has 1 fully saturated rings. The maximum absolute atomic E-state index is 11.7. The molecule has 2 amide bonds. The maximum atomic E-state index is 11.7. The Labute approximate surface area is 111 Å². The van der Waals surface area contributed by atoms with Gasteiger partial charge in [-0.25, -0.2) is 4.79 Å². The molecule has 0 spiro atoms. The number of hydrogen-bond donors (Lipinski definition) is 3. The molecule has 1 saturated carbocycles. The van der Waals surface area contributed by atoms with Crippen molar-refractivity contribution in [3.63, 3.8) is 0 Å². The minimum absolute atomic E-state index is 0.0463. The van der Waals surface area contributed by atoms with Gasteiger partial charge in [0.05, 0.1) is 5.92 Å². The van der Waals surface area contributed by atoms with Gasteiger partial charge in [0, 0.05) is 25.0 Å². The second-order valence-corrected chi connectivity index (χ2v) is 4.73. The molecule has 2 atom stereocenters. The van der Waals surface area contributed by atoms with Gasteiger partial charge in [-0.05, 0) is 30.9 Å². The number of rotatable bonds is 4. The van der Waals surface area contributed by atoms with Gasteiger partial charge >= 0.3 is 12.0 Å². The predicted octanol–water partition coefficient (Wildman–Crippen LogP) is 1.13. The minimum Gasteiger partial charge on any atom is -0.481 e. The summed E-state index contributed by atoms with van der Waals surface area (Å²) in [5, 5.41) is 14.4. The SMILES string of the molecule is O=C(NCc1cccnc1)NC1CCC(C(=O)O)C1. The summed E-state index contributed by atoms with van der Waals surface area (Å²) in [4.78, 5) is 26.4. The number of pyridine rings is 1. The zero-order valence-corrected chi connectivity index (χ0v) is 10.5. The number of hydrogen-bond acceptors (Lipinski definition) is 3. The lowest BCUT2D eigenvalue weighted by Crippen LogP contribution is -2.40. The van der Waals surface area contributed by atoms with Crippen molar-refractivity contribution in [3.05, 3.63) is 30.1 Å². The number of nitrogens with one attached hydrogen (secondary N) is 2. The van der Waals surface area contributed by atoms with Crippen LogP contribution in [0.15, 0.2) is 24.5 Å². The Morgan fingerprint density at radius 3 is 2.89 bits per heavy atom. The number of aliphatic carboxylic acids is 1. The van der Waals surface area contributed by atoms with E-state index in [0.717, 1.165) is 12.0 Å². The Hall–Kier alpha value is -2.11. The van der Waals surface area contributed by atoms with Crippen LogP contribution in [0.3, 0.4) is 0 Å². The van der Waals surface area contributed by atoms with Crippen LogP contribution in [0.25, 0.3) is 0 Å². The Morgan fingerprint density at radius 1 is 1.42 bits per heavy atom. The number of carbonyl (C=O) groups excluding carboxylic acids is 1. The van der Waals surface area contributed by atoms with Crippen LogP contribution in [-0.4, -0.2) is 28.1 Å². The molecule has 19 heavy (non-hydrogen) atoms. The fourth-order valence-corrected chi connectivity index (χ4v) is 2.26. The van der Waals surface area contributed by atoms with Crippen LogP contribution in [-0.2, 0) is 11.3 Å². The third kappa shape index (κ3) is 3.94. The van der Waals surface area contributed by atoms with Crippen LogP contribution >= 0.6 is 0 Å². The number of aromatic nitrogens is 1. The summed E-state index contributed by atoms with van der Waals surface area (Å²) in [7, 11) is 0. The molecule has 0 bridgehead atoms. The van der Waals surface area contributed by atoms with Crippen LogP contribution < -0.4 is 10.6 Å². The summed E-state index contributed by atoms with van der Waals surface area (Å²) >= 11 is 0. The van der Waals surface area contributed by atoms with Crippen molar-refractivity contribution in [1.29, 1.82) is 0 Å². The van der Waals surface area contributed by atoms with E-state index in [-0.39, 0.29) is 18.0 Å². The van der Waals surface area contributed by atoms with E-state index in [2.05, 4.69) is 15.6 Å². The van der Waals surface area contributed by atoms with Crippen LogP contribution in [0.2, 0.25) is 0 Å². The molecule has 1 aliphatic carbocycles. The third-order valence-electron chi connectivity index (χ3n) is 3.29. The molecule has 0 aromatic carbocycles. The molecular weight excluding hydrogens is 246 g/mol. The van der Waals surface area contributed by atoms with Crippen molar-refractivity contribution >= 4 is 12.0 Å². The van der Waals surface area contributed by atoms with Gasteiger partial charge in [-0.15, -0.1) is 0 Å². The molecule has 6 nitrogen and oxygen atoms in total. The van der Waals surface area contributed by atoms with Gasteiger partial charge in [0.15, 0.2) is 0 Å². The fraction of sp³-hybridized carbons (Fsp3) is 0.462. The smallest absolute Gasteiger partial charge is 0.315 e. The number of carboxylic acid groups (broad SMARTS) is 1. The van der Waals surface area contributed by atoms with Crippen molar-refractivity contribution < 1.29 is 14.7 Å². The molecule has 0 saturated heterocycles. The quantitative estimate of drug-likeness (QED) is 0.759. The lowest BCUT2D eigenvalue weighted by molar-refractivity contribution is -0.141. The van der Waals surface area contributed by atoms with Gasteiger partial charge in [-0.3, -0.25) is 9.78 Å². The first-order chi connectivity index (χ1) is 9.15.